The first-order valence-corrected chi connectivity index (χ1v) is 9.62. The van der Waals surface area contributed by atoms with Crippen LogP contribution in [0.5, 0.6) is 0 Å². The molecule has 0 atom stereocenters. The Balaban J connectivity index is 1.71. The van der Waals surface area contributed by atoms with Crippen LogP contribution in [0.4, 0.5) is 4.79 Å². The van der Waals surface area contributed by atoms with Gasteiger partial charge in [0.05, 0.1) is 52.1 Å². The predicted molar refractivity (Wildman–Crippen MR) is 109 cm³/mol. The van der Waals surface area contributed by atoms with Crippen molar-refractivity contribution in [1.82, 2.24) is 20.4 Å². The summed E-state index contributed by atoms with van der Waals surface area (Å²) < 4.78 is 11.9. The molecule has 9 nitrogen and oxygen atoms in total. The first-order valence-electron chi connectivity index (χ1n) is 9.25. The van der Waals surface area contributed by atoms with E-state index >= 15 is 0 Å². The number of hydrogen-bond donors (Lipinski definition) is 2. The van der Waals surface area contributed by atoms with E-state index in [9.17, 15) is 14.4 Å². The van der Waals surface area contributed by atoms with E-state index in [1.54, 1.807) is 35.9 Å². The highest BCUT2D eigenvalue weighted by atomic mass is 35.5. The number of aryl methyl sites for hydroxylation is 1. The van der Waals surface area contributed by atoms with Crippen LogP contribution in [0.2, 0.25) is 5.02 Å². The van der Waals surface area contributed by atoms with Gasteiger partial charge in [0.15, 0.2) is 0 Å². The van der Waals surface area contributed by atoms with Crippen molar-refractivity contribution in [2.45, 2.75) is 20.8 Å². The van der Waals surface area contributed by atoms with Gasteiger partial charge in [-0.05, 0) is 45.0 Å². The Kier molecular flexibility index (Phi) is 6.41. The number of carbonyl (C=O) groups is 3. The molecule has 10 heteroatoms. The van der Waals surface area contributed by atoms with Gasteiger partial charge < -0.3 is 20.1 Å². The fourth-order valence-corrected chi connectivity index (χ4v) is 3.02. The van der Waals surface area contributed by atoms with E-state index in [-0.39, 0.29) is 31.0 Å². The van der Waals surface area contributed by atoms with E-state index in [0.29, 0.717) is 16.3 Å². The lowest BCUT2D eigenvalue weighted by Gasteiger charge is -2.21. The van der Waals surface area contributed by atoms with Crippen molar-refractivity contribution in [1.29, 1.82) is 0 Å². The van der Waals surface area contributed by atoms with Crippen LogP contribution in [0.15, 0.2) is 35.5 Å². The highest BCUT2D eigenvalue weighted by Crippen LogP contribution is 2.22. The third-order valence-corrected chi connectivity index (χ3v) is 5.02. The summed E-state index contributed by atoms with van der Waals surface area (Å²) >= 11 is 6.18. The molecule has 0 bridgehead atoms. The van der Waals surface area contributed by atoms with Gasteiger partial charge in [-0.25, -0.2) is 19.1 Å². The highest BCUT2D eigenvalue weighted by molar-refractivity contribution is 6.31. The Labute approximate surface area is 178 Å². The molecule has 2 aromatic rings. The van der Waals surface area contributed by atoms with Gasteiger partial charge in [0.2, 0.25) is 0 Å². The van der Waals surface area contributed by atoms with Gasteiger partial charge in [0.1, 0.15) is 6.61 Å². The Morgan fingerprint density at radius 2 is 1.87 bits per heavy atom. The molecule has 158 valence electrons. The van der Waals surface area contributed by atoms with E-state index in [1.807, 2.05) is 13.8 Å². The first-order chi connectivity index (χ1) is 14.3. The number of halogens is 1. The number of aromatic nitrogens is 2. The van der Waals surface area contributed by atoms with Crippen molar-refractivity contribution < 1.29 is 23.9 Å². The minimum atomic E-state index is -0.601. The molecular weight excluding hydrogens is 412 g/mol. The fourth-order valence-electron chi connectivity index (χ4n) is 2.90. The fraction of sp³-hybridized carbons (Fsp3) is 0.300. The normalized spacial score (nSPS) is 13.5. The Hall–Kier alpha value is -3.33. The molecule has 1 aromatic heterocycles. The summed E-state index contributed by atoms with van der Waals surface area (Å²) in [5, 5.41) is 9.93. The van der Waals surface area contributed by atoms with Crippen molar-refractivity contribution in [3.8, 4) is 5.69 Å². The smallest absolute Gasteiger partial charge is 0.338 e. The van der Waals surface area contributed by atoms with E-state index in [4.69, 9.17) is 21.1 Å². The lowest BCUT2D eigenvalue weighted by molar-refractivity contribution is -0.138. The van der Waals surface area contributed by atoms with Gasteiger partial charge in [-0.15, -0.1) is 0 Å². The molecule has 30 heavy (non-hydrogen) atoms. The summed E-state index contributed by atoms with van der Waals surface area (Å²) in [5.41, 5.74) is 2.97. The number of benzene rings is 1. The molecule has 0 aliphatic carbocycles. The van der Waals surface area contributed by atoms with Crippen LogP contribution < -0.4 is 10.6 Å². The van der Waals surface area contributed by atoms with Gasteiger partial charge in [-0.3, -0.25) is 0 Å². The van der Waals surface area contributed by atoms with Gasteiger partial charge in [-0.1, -0.05) is 11.6 Å². The lowest BCUT2D eigenvalue weighted by atomic mass is 10.1. The quantitative estimate of drug-likeness (QED) is 0.678. The van der Waals surface area contributed by atoms with Crippen LogP contribution in [0.25, 0.3) is 5.69 Å². The summed E-state index contributed by atoms with van der Waals surface area (Å²) in [5.74, 6) is -1.18. The maximum absolute atomic E-state index is 12.4. The van der Waals surface area contributed by atoms with Gasteiger partial charge in [0, 0.05) is 0 Å². The standard InChI is InChI=1S/C20H21ClN4O5/c1-4-29-19(27)15-9-22-20(28)23-16(15)10-30-18(26)13-5-7-14(8-6-13)25-12(3)17(21)11(2)24-25/h5-8H,4,9-10H2,1-3H3,(H2,22,23,28). The van der Waals surface area contributed by atoms with Crippen LogP contribution >= 0.6 is 11.6 Å². The van der Waals surface area contributed by atoms with Crippen molar-refractivity contribution in [2.24, 2.45) is 0 Å². The van der Waals surface area contributed by atoms with Crippen molar-refractivity contribution in [2.75, 3.05) is 19.8 Å². The van der Waals surface area contributed by atoms with Gasteiger partial charge in [0.25, 0.3) is 0 Å². The molecule has 0 saturated heterocycles. The molecular formula is C20H21ClN4O5. The van der Waals surface area contributed by atoms with E-state index < -0.39 is 18.0 Å². The number of nitrogens with one attached hydrogen (secondary N) is 2. The van der Waals surface area contributed by atoms with Gasteiger partial charge in [-0.2, -0.15) is 5.10 Å². The Morgan fingerprint density at radius 3 is 2.47 bits per heavy atom. The van der Waals surface area contributed by atoms with Crippen LogP contribution in [0.3, 0.4) is 0 Å². The second-order valence-corrected chi connectivity index (χ2v) is 6.88. The zero-order valence-electron chi connectivity index (χ0n) is 16.7. The molecule has 2 amide bonds. The minimum Gasteiger partial charge on any atom is -0.463 e. The maximum Gasteiger partial charge on any atom is 0.338 e. The summed E-state index contributed by atoms with van der Waals surface area (Å²) in [4.78, 5) is 36.0. The number of esters is 2. The monoisotopic (exact) mass is 432 g/mol. The third-order valence-electron chi connectivity index (χ3n) is 4.47. The predicted octanol–water partition coefficient (Wildman–Crippen LogP) is 2.43. The number of carbonyl (C=O) groups excluding carboxylic acids is 3. The molecule has 3 rings (SSSR count). The summed E-state index contributed by atoms with van der Waals surface area (Å²) in [6.45, 7) is 5.27. The Bertz CT molecular complexity index is 1030. The molecule has 0 fully saturated rings. The topological polar surface area (TPSA) is 112 Å². The lowest BCUT2D eigenvalue weighted by Crippen LogP contribution is -2.45. The van der Waals surface area contributed by atoms with Gasteiger partial charge >= 0.3 is 18.0 Å². The number of rotatable bonds is 6. The van der Waals surface area contributed by atoms with Crippen LogP contribution in [0, 0.1) is 13.8 Å². The highest BCUT2D eigenvalue weighted by Gasteiger charge is 2.24. The summed E-state index contributed by atoms with van der Waals surface area (Å²) in [6, 6.07) is 6.17. The van der Waals surface area contributed by atoms with E-state index in [2.05, 4.69) is 15.7 Å². The van der Waals surface area contributed by atoms with Crippen LogP contribution in [-0.4, -0.2) is 47.5 Å². The second kappa shape index (κ2) is 9.00. The Morgan fingerprint density at radius 1 is 1.17 bits per heavy atom. The third kappa shape index (κ3) is 4.46. The van der Waals surface area contributed by atoms with Crippen LogP contribution in [-0.2, 0) is 14.3 Å². The average molecular weight is 433 g/mol. The number of urea groups is 1. The zero-order valence-corrected chi connectivity index (χ0v) is 17.5. The number of hydrogen-bond acceptors (Lipinski definition) is 6. The summed E-state index contributed by atoms with van der Waals surface area (Å²) in [6.07, 6.45) is 0. The number of amides is 2. The molecule has 0 unspecified atom stereocenters. The molecule has 0 saturated carbocycles. The maximum atomic E-state index is 12.4. The minimum absolute atomic E-state index is 0.00253. The second-order valence-electron chi connectivity index (χ2n) is 6.50. The SMILES string of the molecule is CCOC(=O)C1=C(COC(=O)c2ccc(-n3nc(C)c(Cl)c3C)cc2)NC(=O)NC1. The molecule has 0 radical (unpaired) electrons. The molecule has 2 heterocycles. The van der Waals surface area contributed by atoms with Crippen molar-refractivity contribution in [3.05, 3.63) is 57.5 Å². The molecule has 1 aromatic carbocycles. The number of nitrogens with zero attached hydrogens (tertiary/aromatic N) is 2. The average Bonchev–Trinajstić information content (AvgIpc) is 2.99. The van der Waals surface area contributed by atoms with Crippen molar-refractivity contribution >= 4 is 29.6 Å². The largest absolute Gasteiger partial charge is 0.463 e. The summed E-state index contributed by atoms with van der Waals surface area (Å²) in [7, 11) is 0. The number of ether oxygens (including phenoxy) is 2. The van der Waals surface area contributed by atoms with E-state index in [1.165, 1.54) is 0 Å². The van der Waals surface area contributed by atoms with Crippen molar-refractivity contribution in [3.63, 3.8) is 0 Å². The van der Waals surface area contributed by atoms with Crippen LogP contribution in [0.1, 0.15) is 28.7 Å². The zero-order chi connectivity index (χ0) is 21.8. The molecule has 2 N–H and O–H groups in total. The molecule has 1 aliphatic rings. The van der Waals surface area contributed by atoms with E-state index in [0.717, 1.165) is 11.4 Å². The molecule has 1 aliphatic heterocycles. The first kappa shape index (κ1) is 21.4. The molecule has 0 spiro atoms.